The molecular formula is C15H29NO2. The van der Waals surface area contributed by atoms with Gasteiger partial charge in [-0.3, -0.25) is 0 Å². The molecular weight excluding hydrogens is 226 g/mol. The van der Waals surface area contributed by atoms with Gasteiger partial charge in [0.2, 0.25) is 0 Å². The van der Waals surface area contributed by atoms with Crippen LogP contribution in [0.5, 0.6) is 0 Å². The zero-order chi connectivity index (χ0) is 13.6. The van der Waals surface area contributed by atoms with Crippen molar-refractivity contribution in [1.29, 1.82) is 0 Å². The number of carbonyl (C=O) groups is 1. The molecule has 0 radical (unpaired) electrons. The van der Waals surface area contributed by atoms with Crippen molar-refractivity contribution < 1.29 is 9.53 Å². The summed E-state index contributed by atoms with van der Waals surface area (Å²) in [6.45, 7) is 9.37. The van der Waals surface area contributed by atoms with Gasteiger partial charge in [-0.15, -0.1) is 0 Å². The van der Waals surface area contributed by atoms with E-state index < -0.39 is 0 Å². The topological polar surface area (TPSA) is 38.3 Å². The van der Waals surface area contributed by atoms with Gasteiger partial charge in [-0.05, 0) is 12.8 Å². The number of hydrogen-bond acceptors (Lipinski definition) is 3. The Bertz CT molecular complexity index is 203. The maximum atomic E-state index is 11.5. The zero-order valence-corrected chi connectivity index (χ0v) is 12.1. The summed E-state index contributed by atoms with van der Waals surface area (Å²) in [5.41, 5.74) is 0.391. The molecule has 0 aromatic heterocycles. The third kappa shape index (κ3) is 10.2. The Labute approximate surface area is 112 Å². The van der Waals surface area contributed by atoms with Crippen molar-refractivity contribution in [1.82, 2.24) is 5.32 Å². The molecule has 0 fully saturated rings. The largest absolute Gasteiger partial charge is 0.461 e. The summed E-state index contributed by atoms with van der Waals surface area (Å²) >= 11 is 0. The Morgan fingerprint density at radius 1 is 1.00 bits per heavy atom. The number of carbonyl (C=O) groups excluding carboxylic acids is 1. The second kappa shape index (κ2) is 12.5. The van der Waals surface area contributed by atoms with Crippen LogP contribution < -0.4 is 5.32 Å². The van der Waals surface area contributed by atoms with Gasteiger partial charge in [0.15, 0.2) is 0 Å². The standard InChI is InChI=1S/C15H29NO2/c1-4-6-8-10-12-16-14(3)15(17)18-13-11-9-7-5-2/h16H,3-13H2,1-2H3. The minimum Gasteiger partial charge on any atom is -0.461 e. The van der Waals surface area contributed by atoms with Crippen LogP contribution in [0.1, 0.15) is 65.2 Å². The van der Waals surface area contributed by atoms with Crippen molar-refractivity contribution in [3.05, 3.63) is 12.3 Å². The van der Waals surface area contributed by atoms with Gasteiger partial charge in [-0.1, -0.05) is 59.0 Å². The van der Waals surface area contributed by atoms with Crippen molar-refractivity contribution >= 4 is 5.97 Å². The first kappa shape index (κ1) is 17.0. The number of ether oxygens (including phenoxy) is 1. The Kier molecular flexibility index (Phi) is 11.8. The molecule has 3 nitrogen and oxygen atoms in total. The highest BCUT2D eigenvalue weighted by molar-refractivity contribution is 5.86. The fourth-order valence-corrected chi connectivity index (χ4v) is 1.64. The summed E-state index contributed by atoms with van der Waals surface area (Å²) in [5.74, 6) is -0.304. The summed E-state index contributed by atoms with van der Waals surface area (Å²) in [6, 6.07) is 0. The molecule has 0 amide bonds. The van der Waals surface area contributed by atoms with E-state index in [0.717, 1.165) is 25.8 Å². The molecule has 0 aromatic carbocycles. The van der Waals surface area contributed by atoms with Gasteiger partial charge in [0.05, 0.1) is 6.61 Å². The van der Waals surface area contributed by atoms with Crippen LogP contribution in [-0.4, -0.2) is 19.1 Å². The smallest absolute Gasteiger partial charge is 0.353 e. The lowest BCUT2D eigenvalue weighted by molar-refractivity contribution is -0.139. The van der Waals surface area contributed by atoms with Crippen LogP contribution in [0.25, 0.3) is 0 Å². The number of rotatable bonds is 12. The molecule has 0 spiro atoms. The molecule has 3 heteroatoms. The average Bonchev–Trinajstić information content (AvgIpc) is 2.37. The highest BCUT2D eigenvalue weighted by atomic mass is 16.5. The monoisotopic (exact) mass is 255 g/mol. The van der Waals surface area contributed by atoms with Crippen LogP contribution in [0, 0.1) is 0 Å². The predicted molar refractivity (Wildman–Crippen MR) is 76.4 cm³/mol. The molecule has 106 valence electrons. The normalized spacial score (nSPS) is 10.1. The molecule has 0 saturated carbocycles. The van der Waals surface area contributed by atoms with Crippen molar-refractivity contribution in [2.45, 2.75) is 65.2 Å². The van der Waals surface area contributed by atoms with Gasteiger partial charge in [-0.2, -0.15) is 0 Å². The van der Waals surface area contributed by atoms with Crippen molar-refractivity contribution in [3.8, 4) is 0 Å². The van der Waals surface area contributed by atoms with E-state index in [-0.39, 0.29) is 5.97 Å². The molecule has 0 aromatic rings. The number of hydrogen-bond donors (Lipinski definition) is 1. The van der Waals surface area contributed by atoms with Crippen LogP contribution in [0.2, 0.25) is 0 Å². The van der Waals surface area contributed by atoms with Crippen molar-refractivity contribution in [2.75, 3.05) is 13.2 Å². The fourth-order valence-electron chi connectivity index (χ4n) is 1.64. The molecule has 0 aliphatic rings. The van der Waals surface area contributed by atoms with E-state index in [0.29, 0.717) is 12.3 Å². The summed E-state index contributed by atoms with van der Waals surface area (Å²) in [5, 5.41) is 3.02. The maximum Gasteiger partial charge on any atom is 0.353 e. The second-order valence-corrected chi connectivity index (χ2v) is 4.66. The number of unbranched alkanes of at least 4 members (excludes halogenated alkanes) is 6. The van der Waals surface area contributed by atoms with E-state index in [1.54, 1.807) is 0 Å². The molecule has 0 saturated heterocycles. The molecule has 0 rings (SSSR count). The van der Waals surface area contributed by atoms with E-state index in [9.17, 15) is 4.79 Å². The summed E-state index contributed by atoms with van der Waals surface area (Å²) in [7, 11) is 0. The van der Waals surface area contributed by atoms with E-state index in [1.165, 1.54) is 32.1 Å². The van der Waals surface area contributed by atoms with Crippen LogP contribution in [0.15, 0.2) is 12.3 Å². The van der Waals surface area contributed by atoms with Gasteiger partial charge >= 0.3 is 5.97 Å². The SMILES string of the molecule is C=C(NCCCCCC)C(=O)OCCCCCC. The Hall–Kier alpha value is -0.990. The molecule has 0 bridgehead atoms. The quantitative estimate of drug-likeness (QED) is 0.327. The molecule has 0 unspecified atom stereocenters. The summed E-state index contributed by atoms with van der Waals surface area (Å²) in [4.78, 5) is 11.5. The fraction of sp³-hybridized carbons (Fsp3) is 0.800. The lowest BCUT2D eigenvalue weighted by Gasteiger charge is -2.09. The Balaban J connectivity index is 3.43. The Morgan fingerprint density at radius 2 is 1.61 bits per heavy atom. The first-order valence-corrected chi connectivity index (χ1v) is 7.32. The molecule has 0 aliphatic carbocycles. The maximum absolute atomic E-state index is 11.5. The van der Waals surface area contributed by atoms with Gasteiger partial charge in [0.25, 0.3) is 0 Å². The number of nitrogens with one attached hydrogen (secondary N) is 1. The van der Waals surface area contributed by atoms with Crippen LogP contribution in [0.4, 0.5) is 0 Å². The van der Waals surface area contributed by atoms with E-state index in [4.69, 9.17) is 4.74 Å². The minimum atomic E-state index is -0.304. The van der Waals surface area contributed by atoms with Crippen LogP contribution >= 0.6 is 0 Å². The van der Waals surface area contributed by atoms with Gasteiger partial charge in [0, 0.05) is 6.54 Å². The molecule has 1 N–H and O–H groups in total. The Morgan fingerprint density at radius 3 is 2.22 bits per heavy atom. The molecule has 0 atom stereocenters. The summed E-state index contributed by atoms with van der Waals surface area (Å²) < 4.78 is 5.13. The highest BCUT2D eigenvalue weighted by Gasteiger charge is 2.06. The van der Waals surface area contributed by atoms with E-state index in [1.807, 2.05) is 0 Å². The van der Waals surface area contributed by atoms with Gasteiger partial charge in [0.1, 0.15) is 5.70 Å². The molecule has 0 aliphatic heterocycles. The minimum absolute atomic E-state index is 0.304. The number of esters is 1. The van der Waals surface area contributed by atoms with Gasteiger partial charge < -0.3 is 10.1 Å². The van der Waals surface area contributed by atoms with Gasteiger partial charge in [-0.25, -0.2) is 4.79 Å². The predicted octanol–water partition coefficient (Wildman–Crippen LogP) is 3.79. The van der Waals surface area contributed by atoms with Crippen molar-refractivity contribution in [3.63, 3.8) is 0 Å². The second-order valence-electron chi connectivity index (χ2n) is 4.66. The third-order valence-corrected chi connectivity index (χ3v) is 2.85. The third-order valence-electron chi connectivity index (χ3n) is 2.85. The highest BCUT2D eigenvalue weighted by Crippen LogP contribution is 2.01. The lowest BCUT2D eigenvalue weighted by atomic mass is 10.2. The first-order valence-electron chi connectivity index (χ1n) is 7.32. The molecule has 18 heavy (non-hydrogen) atoms. The zero-order valence-electron chi connectivity index (χ0n) is 12.1. The average molecular weight is 255 g/mol. The van der Waals surface area contributed by atoms with Crippen molar-refractivity contribution in [2.24, 2.45) is 0 Å². The summed E-state index contributed by atoms with van der Waals surface area (Å²) in [6.07, 6.45) is 9.22. The van der Waals surface area contributed by atoms with E-state index in [2.05, 4.69) is 25.7 Å². The first-order chi connectivity index (χ1) is 8.72. The van der Waals surface area contributed by atoms with Crippen LogP contribution in [-0.2, 0) is 9.53 Å². The molecule has 0 heterocycles. The lowest BCUT2D eigenvalue weighted by Crippen LogP contribution is -2.22. The van der Waals surface area contributed by atoms with Crippen LogP contribution in [0.3, 0.4) is 0 Å². The van der Waals surface area contributed by atoms with E-state index >= 15 is 0 Å².